The normalized spacial score (nSPS) is 10.4. The van der Waals surface area contributed by atoms with E-state index in [1.54, 1.807) is 41.9 Å². The maximum absolute atomic E-state index is 12.4. The highest BCUT2D eigenvalue weighted by molar-refractivity contribution is 7.98. The van der Waals surface area contributed by atoms with Gasteiger partial charge in [-0.15, -0.1) is 11.8 Å². The van der Waals surface area contributed by atoms with Gasteiger partial charge in [0.05, 0.1) is 5.56 Å². The summed E-state index contributed by atoms with van der Waals surface area (Å²) in [6.45, 7) is 0.539. The minimum absolute atomic E-state index is 0.110. The molecule has 21 heavy (non-hydrogen) atoms. The topological polar surface area (TPSA) is 72.3 Å². The van der Waals surface area contributed by atoms with Gasteiger partial charge < -0.3 is 16.4 Å². The number of carbonyl (C=O) groups excluding carboxylic acids is 1. The van der Waals surface area contributed by atoms with E-state index in [1.807, 2.05) is 18.4 Å². The molecule has 0 saturated carbocycles. The Kier molecular flexibility index (Phi) is 4.75. The molecule has 5 heteroatoms. The molecule has 0 spiro atoms. The van der Waals surface area contributed by atoms with Gasteiger partial charge in [0, 0.05) is 29.9 Å². The van der Waals surface area contributed by atoms with Gasteiger partial charge in [0.25, 0.3) is 5.91 Å². The molecule has 0 atom stereocenters. The van der Waals surface area contributed by atoms with Crippen molar-refractivity contribution >= 4 is 29.0 Å². The average Bonchev–Trinajstić information content (AvgIpc) is 2.47. The van der Waals surface area contributed by atoms with Crippen LogP contribution in [0, 0.1) is 0 Å². The summed E-state index contributed by atoms with van der Waals surface area (Å²) in [6.07, 6.45) is 2.04. The Morgan fingerprint density at radius 3 is 2.38 bits per heavy atom. The van der Waals surface area contributed by atoms with E-state index in [-0.39, 0.29) is 5.91 Å². The Hall–Kier alpha value is -2.14. The Morgan fingerprint density at radius 2 is 1.81 bits per heavy atom. The van der Waals surface area contributed by atoms with Crippen molar-refractivity contribution < 1.29 is 4.79 Å². The molecule has 2 aromatic carbocycles. The average molecular weight is 301 g/mol. The predicted molar refractivity (Wildman–Crippen MR) is 89.3 cm³/mol. The van der Waals surface area contributed by atoms with Crippen LogP contribution in [0.4, 0.5) is 11.4 Å². The van der Waals surface area contributed by atoms with E-state index in [0.717, 1.165) is 5.56 Å². The molecule has 0 aliphatic heterocycles. The van der Waals surface area contributed by atoms with Crippen molar-refractivity contribution in [1.82, 2.24) is 4.90 Å². The highest BCUT2D eigenvalue weighted by Crippen LogP contribution is 2.19. The van der Waals surface area contributed by atoms with Crippen molar-refractivity contribution in [1.29, 1.82) is 0 Å². The lowest BCUT2D eigenvalue weighted by atomic mass is 10.1. The van der Waals surface area contributed by atoms with Crippen LogP contribution < -0.4 is 11.5 Å². The lowest BCUT2D eigenvalue weighted by molar-refractivity contribution is 0.0786. The van der Waals surface area contributed by atoms with Crippen molar-refractivity contribution in [3.05, 3.63) is 53.6 Å². The van der Waals surface area contributed by atoms with E-state index in [0.29, 0.717) is 23.5 Å². The zero-order valence-electron chi connectivity index (χ0n) is 12.2. The summed E-state index contributed by atoms with van der Waals surface area (Å²) in [4.78, 5) is 15.3. The number of rotatable bonds is 4. The Labute approximate surface area is 129 Å². The molecule has 2 aromatic rings. The molecule has 0 aliphatic rings. The molecule has 0 aromatic heterocycles. The Morgan fingerprint density at radius 1 is 1.14 bits per heavy atom. The number of amides is 1. The predicted octanol–water partition coefficient (Wildman–Crippen LogP) is 2.85. The van der Waals surface area contributed by atoms with Crippen LogP contribution in [0.5, 0.6) is 0 Å². The highest BCUT2D eigenvalue weighted by atomic mass is 32.2. The highest BCUT2D eigenvalue weighted by Gasteiger charge is 2.15. The molecule has 1 amide bonds. The largest absolute Gasteiger partial charge is 0.399 e. The molecule has 2 rings (SSSR count). The first kappa shape index (κ1) is 15.3. The number of nitrogens with two attached hydrogens (primary N) is 2. The molecule has 0 saturated heterocycles. The number of carbonyl (C=O) groups is 1. The zero-order valence-corrected chi connectivity index (χ0v) is 13.0. The van der Waals surface area contributed by atoms with Crippen LogP contribution in [-0.2, 0) is 6.54 Å². The molecule has 4 N–H and O–H groups in total. The van der Waals surface area contributed by atoms with Crippen LogP contribution in [0.2, 0.25) is 0 Å². The number of benzene rings is 2. The summed E-state index contributed by atoms with van der Waals surface area (Å²) in [5.74, 6) is -0.110. The number of nitrogens with zero attached hydrogens (tertiary/aromatic N) is 1. The summed E-state index contributed by atoms with van der Waals surface area (Å²) in [5, 5.41) is 0. The Bertz CT molecular complexity index is 640. The molecular formula is C16H19N3OS. The molecular weight excluding hydrogens is 282 g/mol. The van der Waals surface area contributed by atoms with Gasteiger partial charge in [-0.25, -0.2) is 0 Å². The van der Waals surface area contributed by atoms with E-state index in [1.165, 1.54) is 4.90 Å². The summed E-state index contributed by atoms with van der Waals surface area (Å²) < 4.78 is 0. The van der Waals surface area contributed by atoms with Crippen LogP contribution in [-0.4, -0.2) is 24.1 Å². The van der Waals surface area contributed by atoms with E-state index in [9.17, 15) is 4.79 Å². The van der Waals surface area contributed by atoms with Crippen LogP contribution in [0.25, 0.3) is 0 Å². The third-order valence-electron chi connectivity index (χ3n) is 3.23. The summed E-state index contributed by atoms with van der Waals surface area (Å²) in [7, 11) is 1.76. The molecule has 4 nitrogen and oxygen atoms in total. The third kappa shape index (κ3) is 3.70. The number of nitrogen functional groups attached to an aromatic ring is 2. The fourth-order valence-electron chi connectivity index (χ4n) is 2.06. The van der Waals surface area contributed by atoms with Crippen molar-refractivity contribution in [2.75, 3.05) is 24.8 Å². The van der Waals surface area contributed by atoms with Crippen molar-refractivity contribution in [3.8, 4) is 0 Å². The minimum Gasteiger partial charge on any atom is -0.399 e. The van der Waals surface area contributed by atoms with Gasteiger partial charge in [-0.3, -0.25) is 4.79 Å². The second-order valence-corrected chi connectivity index (χ2v) is 5.74. The van der Waals surface area contributed by atoms with Crippen LogP contribution in [0.15, 0.2) is 47.4 Å². The quantitative estimate of drug-likeness (QED) is 0.673. The second-order valence-electron chi connectivity index (χ2n) is 4.86. The minimum atomic E-state index is -0.110. The van der Waals surface area contributed by atoms with Crippen molar-refractivity contribution in [3.63, 3.8) is 0 Å². The standard InChI is InChI=1S/C16H19N3OS/c1-19(10-11-3-6-13(21-2)7-4-11)16(20)14-8-5-12(17)9-15(14)18/h3-9H,10,17-18H2,1-2H3. The van der Waals surface area contributed by atoms with Crippen LogP contribution in [0.3, 0.4) is 0 Å². The van der Waals surface area contributed by atoms with E-state index in [4.69, 9.17) is 11.5 Å². The lowest BCUT2D eigenvalue weighted by Gasteiger charge is -2.18. The first-order valence-electron chi connectivity index (χ1n) is 6.54. The van der Waals surface area contributed by atoms with Crippen LogP contribution >= 0.6 is 11.8 Å². The summed E-state index contributed by atoms with van der Waals surface area (Å²) in [5.41, 5.74) is 14.0. The number of hydrogen-bond acceptors (Lipinski definition) is 4. The fourth-order valence-corrected chi connectivity index (χ4v) is 2.47. The van der Waals surface area contributed by atoms with Gasteiger partial charge in [-0.2, -0.15) is 0 Å². The number of thioether (sulfide) groups is 1. The second kappa shape index (κ2) is 6.54. The molecule has 110 valence electrons. The SMILES string of the molecule is CSc1ccc(CN(C)C(=O)c2ccc(N)cc2N)cc1. The smallest absolute Gasteiger partial charge is 0.255 e. The first-order chi connectivity index (χ1) is 10.0. The Balaban J connectivity index is 2.11. The van der Waals surface area contributed by atoms with Crippen molar-refractivity contribution in [2.24, 2.45) is 0 Å². The van der Waals surface area contributed by atoms with Gasteiger partial charge in [-0.1, -0.05) is 12.1 Å². The lowest BCUT2D eigenvalue weighted by Crippen LogP contribution is -2.27. The molecule has 0 heterocycles. The maximum Gasteiger partial charge on any atom is 0.255 e. The van der Waals surface area contributed by atoms with E-state index in [2.05, 4.69) is 12.1 Å². The number of anilines is 2. The zero-order chi connectivity index (χ0) is 15.4. The number of hydrogen-bond donors (Lipinski definition) is 2. The monoisotopic (exact) mass is 301 g/mol. The van der Waals surface area contributed by atoms with Gasteiger partial charge in [-0.05, 0) is 42.2 Å². The molecule has 0 radical (unpaired) electrons. The first-order valence-corrected chi connectivity index (χ1v) is 7.77. The van der Waals surface area contributed by atoms with Crippen molar-refractivity contribution in [2.45, 2.75) is 11.4 Å². The summed E-state index contributed by atoms with van der Waals surface area (Å²) in [6, 6.07) is 13.1. The van der Waals surface area contributed by atoms with Gasteiger partial charge >= 0.3 is 0 Å². The van der Waals surface area contributed by atoms with Gasteiger partial charge in [0.15, 0.2) is 0 Å². The molecule has 0 aliphatic carbocycles. The van der Waals surface area contributed by atoms with Crippen LogP contribution in [0.1, 0.15) is 15.9 Å². The third-order valence-corrected chi connectivity index (χ3v) is 3.98. The van der Waals surface area contributed by atoms with E-state index < -0.39 is 0 Å². The van der Waals surface area contributed by atoms with E-state index >= 15 is 0 Å². The maximum atomic E-state index is 12.4. The molecule has 0 fully saturated rings. The van der Waals surface area contributed by atoms with Gasteiger partial charge in [0.2, 0.25) is 0 Å². The fraction of sp³-hybridized carbons (Fsp3) is 0.188. The van der Waals surface area contributed by atoms with Gasteiger partial charge in [0.1, 0.15) is 0 Å². The molecule has 0 unspecified atom stereocenters. The molecule has 0 bridgehead atoms. The summed E-state index contributed by atoms with van der Waals surface area (Å²) >= 11 is 1.69.